The van der Waals surface area contributed by atoms with Crippen molar-refractivity contribution in [1.29, 1.82) is 0 Å². The summed E-state index contributed by atoms with van der Waals surface area (Å²) < 4.78 is 3.49. The number of aryl methyl sites for hydroxylation is 1. The molecule has 1 atom stereocenters. The van der Waals surface area contributed by atoms with E-state index in [0.29, 0.717) is 5.56 Å². The molecule has 6 nitrogen and oxygen atoms in total. The topological polar surface area (TPSA) is 64.7 Å². The second kappa shape index (κ2) is 6.08. The Bertz CT molecular complexity index is 819. The number of carbonyl (C=O) groups is 1. The van der Waals surface area contributed by atoms with Crippen molar-refractivity contribution in [3.8, 4) is 5.69 Å². The zero-order valence-corrected chi connectivity index (χ0v) is 13.4. The Morgan fingerprint density at radius 3 is 2.57 bits per heavy atom. The smallest absolute Gasteiger partial charge is 0.254 e. The summed E-state index contributed by atoms with van der Waals surface area (Å²) in [5.74, 6) is -0.141. The number of rotatable bonds is 4. The van der Waals surface area contributed by atoms with Crippen molar-refractivity contribution in [2.45, 2.75) is 19.9 Å². The minimum atomic E-state index is -0.141. The molecule has 0 spiro atoms. The summed E-state index contributed by atoms with van der Waals surface area (Å²) in [4.78, 5) is 12.2. The number of nitrogens with one attached hydrogen (secondary N) is 1. The van der Waals surface area contributed by atoms with Gasteiger partial charge >= 0.3 is 0 Å². The lowest BCUT2D eigenvalue weighted by molar-refractivity contribution is 0.0939. The zero-order chi connectivity index (χ0) is 16.4. The summed E-state index contributed by atoms with van der Waals surface area (Å²) >= 11 is 0. The number of para-hydroxylation sites is 1. The molecule has 0 saturated carbocycles. The number of benzene rings is 1. The minimum absolute atomic E-state index is 0.139. The first-order valence-electron chi connectivity index (χ1n) is 7.45. The Hall–Kier alpha value is -2.89. The summed E-state index contributed by atoms with van der Waals surface area (Å²) in [6.45, 7) is 3.95. The van der Waals surface area contributed by atoms with Crippen LogP contribution in [0.2, 0.25) is 0 Å². The van der Waals surface area contributed by atoms with E-state index in [4.69, 9.17) is 0 Å². The highest BCUT2D eigenvalue weighted by atomic mass is 16.1. The molecule has 0 fully saturated rings. The molecule has 0 bridgehead atoms. The van der Waals surface area contributed by atoms with Crippen LogP contribution in [0.1, 0.15) is 34.6 Å². The monoisotopic (exact) mass is 309 g/mol. The molecule has 118 valence electrons. The fourth-order valence-corrected chi connectivity index (χ4v) is 2.57. The Labute approximate surface area is 134 Å². The number of nitrogens with zero attached hydrogens (tertiary/aromatic N) is 4. The second-order valence-corrected chi connectivity index (χ2v) is 5.53. The van der Waals surface area contributed by atoms with Gasteiger partial charge in [-0.25, -0.2) is 4.68 Å². The van der Waals surface area contributed by atoms with Crippen LogP contribution in [0.15, 0.2) is 48.9 Å². The molecule has 0 unspecified atom stereocenters. The van der Waals surface area contributed by atoms with Gasteiger partial charge in [0.15, 0.2) is 0 Å². The van der Waals surface area contributed by atoms with Crippen LogP contribution in [-0.4, -0.2) is 25.5 Å². The molecular weight excluding hydrogens is 290 g/mol. The average Bonchev–Trinajstić information content (AvgIpc) is 3.14. The van der Waals surface area contributed by atoms with Crippen LogP contribution in [0.5, 0.6) is 0 Å². The molecule has 3 aromatic rings. The van der Waals surface area contributed by atoms with E-state index in [9.17, 15) is 4.79 Å². The molecule has 1 amide bonds. The van der Waals surface area contributed by atoms with Gasteiger partial charge in [0.2, 0.25) is 0 Å². The highest BCUT2D eigenvalue weighted by Crippen LogP contribution is 2.20. The van der Waals surface area contributed by atoms with Crippen molar-refractivity contribution < 1.29 is 4.79 Å². The molecule has 0 aliphatic rings. The predicted molar refractivity (Wildman–Crippen MR) is 87.4 cm³/mol. The van der Waals surface area contributed by atoms with Gasteiger partial charge in [-0.15, -0.1) is 0 Å². The third kappa shape index (κ3) is 3.01. The van der Waals surface area contributed by atoms with Gasteiger partial charge in [-0.05, 0) is 26.0 Å². The lowest BCUT2D eigenvalue weighted by Gasteiger charge is -2.13. The van der Waals surface area contributed by atoms with E-state index in [1.807, 2.05) is 48.9 Å². The lowest BCUT2D eigenvalue weighted by atomic mass is 10.1. The third-order valence-electron chi connectivity index (χ3n) is 3.83. The van der Waals surface area contributed by atoms with E-state index in [2.05, 4.69) is 15.5 Å². The highest BCUT2D eigenvalue weighted by molar-refractivity contribution is 5.93. The fraction of sp³-hybridized carbons (Fsp3) is 0.235. The summed E-state index contributed by atoms with van der Waals surface area (Å²) in [7, 11) is 1.79. The van der Waals surface area contributed by atoms with Crippen LogP contribution in [0.25, 0.3) is 5.69 Å². The van der Waals surface area contributed by atoms with E-state index in [1.165, 1.54) is 0 Å². The quantitative estimate of drug-likeness (QED) is 0.805. The molecule has 2 heterocycles. The first-order valence-corrected chi connectivity index (χ1v) is 7.45. The molecule has 0 aliphatic heterocycles. The molecule has 0 aliphatic carbocycles. The maximum Gasteiger partial charge on any atom is 0.254 e. The van der Waals surface area contributed by atoms with Gasteiger partial charge in [0.25, 0.3) is 5.91 Å². The van der Waals surface area contributed by atoms with E-state index in [0.717, 1.165) is 16.9 Å². The fourth-order valence-electron chi connectivity index (χ4n) is 2.57. The first-order chi connectivity index (χ1) is 11.1. The van der Waals surface area contributed by atoms with Crippen molar-refractivity contribution in [2.75, 3.05) is 0 Å². The van der Waals surface area contributed by atoms with Gasteiger partial charge < -0.3 is 5.32 Å². The molecule has 1 N–H and O–H groups in total. The Balaban J connectivity index is 1.79. The average molecular weight is 309 g/mol. The van der Waals surface area contributed by atoms with Crippen LogP contribution >= 0.6 is 0 Å². The molecule has 1 aromatic carbocycles. The predicted octanol–water partition coefficient (Wildman–Crippen LogP) is 2.41. The molecule has 3 rings (SSSR count). The first kappa shape index (κ1) is 15.0. The minimum Gasteiger partial charge on any atom is -0.345 e. The van der Waals surface area contributed by atoms with Gasteiger partial charge in [0.1, 0.15) is 0 Å². The van der Waals surface area contributed by atoms with Crippen molar-refractivity contribution in [3.05, 3.63) is 65.7 Å². The molecule has 0 saturated heterocycles. The summed E-state index contributed by atoms with van der Waals surface area (Å²) in [6, 6.07) is 9.79. The number of aromatic nitrogens is 4. The van der Waals surface area contributed by atoms with Crippen LogP contribution in [0.3, 0.4) is 0 Å². The van der Waals surface area contributed by atoms with E-state index >= 15 is 0 Å². The van der Waals surface area contributed by atoms with E-state index < -0.39 is 0 Å². The number of hydrogen-bond donors (Lipinski definition) is 1. The van der Waals surface area contributed by atoms with Crippen molar-refractivity contribution in [3.63, 3.8) is 0 Å². The van der Waals surface area contributed by atoms with Gasteiger partial charge in [0, 0.05) is 24.5 Å². The van der Waals surface area contributed by atoms with Crippen LogP contribution < -0.4 is 5.32 Å². The summed E-state index contributed by atoms with van der Waals surface area (Å²) in [5.41, 5.74) is 3.55. The Morgan fingerprint density at radius 1 is 1.17 bits per heavy atom. The maximum absolute atomic E-state index is 12.2. The number of hydrogen-bond acceptors (Lipinski definition) is 3. The number of carbonyl (C=O) groups excluding carboxylic acids is 1. The Kier molecular flexibility index (Phi) is 3.97. The SMILES string of the molecule is Cc1c([C@@H](C)NC(=O)c2cnn(C)c2)cnn1-c1ccccc1. The van der Waals surface area contributed by atoms with Crippen LogP contribution in [0.4, 0.5) is 0 Å². The lowest BCUT2D eigenvalue weighted by Crippen LogP contribution is -2.26. The van der Waals surface area contributed by atoms with Crippen molar-refractivity contribution in [2.24, 2.45) is 7.05 Å². The van der Waals surface area contributed by atoms with Crippen molar-refractivity contribution in [1.82, 2.24) is 24.9 Å². The van der Waals surface area contributed by atoms with E-state index in [1.54, 1.807) is 30.3 Å². The van der Waals surface area contributed by atoms with Gasteiger partial charge in [-0.1, -0.05) is 18.2 Å². The summed E-state index contributed by atoms with van der Waals surface area (Å²) in [5, 5.41) is 11.4. The largest absolute Gasteiger partial charge is 0.345 e. The number of amides is 1. The summed E-state index contributed by atoms with van der Waals surface area (Å²) in [6.07, 6.45) is 5.06. The zero-order valence-electron chi connectivity index (χ0n) is 13.4. The molecule has 6 heteroatoms. The van der Waals surface area contributed by atoms with E-state index in [-0.39, 0.29) is 11.9 Å². The van der Waals surface area contributed by atoms with Crippen LogP contribution in [-0.2, 0) is 7.05 Å². The van der Waals surface area contributed by atoms with Gasteiger partial charge in [-0.2, -0.15) is 10.2 Å². The molecule has 2 aromatic heterocycles. The third-order valence-corrected chi connectivity index (χ3v) is 3.83. The highest BCUT2D eigenvalue weighted by Gasteiger charge is 2.17. The Morgan fingerprint density at radius 2 is 1.91 bits per heavy atom. The van der Waals surface area contributed by atoms with Crippen LogP contribution in [0, 0.1) is 6.92 Å². The normalized spacial score (nSPS) is 12.1. The van der Waals surface area contributed by atoms with Gasteiger partial charge in [-0.3, -0.25) is 9.48 Å². The van der Waals surface area contributed by atoms with Crippen molar-refractivity contribution >= 4 is 5.91 Å². The maximum atomic E-state index is 12.2. The molecule has 0 radical (unpaired) electrons. The second-order valence-electron chi connectivity index (χ2n) is 5.53. The van der Waals surface area contributed by atoms with Gasteiger partial charge in [0.05, 0.1) is 29.7 Å². The molecular formula is C17H19N5O. The molecule has 23 heavy (non-hydrogen) atoms. The standard InChI is InChI=1S/C17H19N5O/c1-12(20-17(23)14-9-18-21(3)11-14)16-10-19-22(13(16)2)15-7-5-4-6-8-15/h4-12H,1-3H3,(H,20,23)/t12-/m1/s1.